The van der Waals surface area contributed by atoms with E-state index in [0.29, 0.717) is 37.1 Å². The molecule has 0 unspecified atom stereocenters. The third kappa shape index (κ3) is 5.29. The zero-order chi connectivity index (χ0) is 19.1. The van der Waals surface area contributed by atoms with E-state index in [9.17, 15) is 4.79 Å². The van der Waals surface area contributed by atoms with E-state index in [0.717, 1.165) is 43.8 Å². The zero-order valence-corrected chi connectivity index (χ0v) is 16.1. The number of aryl methyl sites for hydroxylation is 1. The Morgan fingerprint density at radius 2 is 2.04 bits per heavy atom. The van der Waals surface area contributed by atoms with Crippen LogP contribution in [-0.2, 0) is 11.2 Å². The molecule has 0 radical (unpaired) electrons. The number of ether oxygens (including phenoxy) is 1. The molecule has 1 saturated heterocycles. The van der Waals surface area contributed by atoms with Gasteiger partial charge >= 0.3 is 0 Å². The van der Waals surface area contributed by atoms with Crippen LogP contribution in [0.2, 0.25) is 0 Å². The number of carbonyl (C=O) groups excluding carboxylic acids is 1. The van der Waals surface area contributed by atoms with Crippen molar-refractivity contribution in [1.82, 2.24) is 20.4 Å². The maximum Gasteiger partial charge on any atom is 0.227 e. The molecule has 27 heavy (non-hydrogen) atoms. The van der Waals surface area contributed by atoms with E-state index >= 15 is 0 Å². The minimum atomic E-state index is 0.165. The van der Waals surface area contributed by atoms with E-state index in [4.69, 9.17) is 9.26 Å². The summed E-state index contributed by atoms with van der Waals surface area (Å²) in [4.78, 5) is 18.8. The van der Waals surface area contributed by atoms with Gasteiger partial charge < -0.3 is 19.5 Å². The minimum absolute atomic E-state index is 0.165. The molecule has 0 spiro atoms. The van der Waals surface area contributed by atoms with Gasteiger partial charge in [0.15, 0.2) is 0 Å². The molecule has 7 nitrogen and oxygen atoms in total. The van der Waals surface area contributed by atoms with Crippen molar-refractivity contribution in [1.29, 1.82) is 0 Å². The second kappa shape index (κ2) is 9.50. The highest BCUT2D eigenvalue weighted by atomic mass is 16.5. The number of amides is 1. The van der Waals surface area contributed by atoms with Gasteiger partial charge in [-0.25, -0.2) is 0 Å². The predicted molar refractivity (Wildman–Crippen MR) is 102 cm³/mol. The van der Waals surface area contributed by atoms with Gasteiger partial charge in [0.25, 0.3) is 0 Å². The highest BCUT2D eigenvalue weighted by molar-refractivity contribution is 5.76. The smallest absolute Gasteiger partial charge is 0.227 e. The Labute approximate surface area is 160 Å². The lowest BCUT2D eigenvalue weighted by Crippen LogP contribution is -2.40. The Hall–Kier alpha value is -2.41. The molecule has 2 aromatic rings. The molecule has 2 heterocycles. The normalized spacial score (nSPS) is 15.1. The molecule has 1 aliphatic rings. The van der Waals surface area contributed by atoms with Gasteiger partial charge in [0.1, 0.15) is 5.75 Å². The number of benzene rings is 1. The molecule has 0 atom stereocenters. The largest absolute Gasteiger partial charge is 0.494 e. The summed E-state index contributed by atoms with van der Waals surface area (Å²) < 4.78 is 10.7. The third-order valence-electron chi connectivity index (χ3n) is 4.90. The Morgan fingerprint density at radius 1 is 1.30 bits per heavy atom. The summed E-state index contributed by atoms with van der Waals surface area (Å²) in [5.74, 6) is 2.69. The average Bonchev–Trinajstić information content (AvgIpc) is 3.17. The molecule has 0 bridgehead atoms. The van der Waals surface area contributed by atoms with E-state index in [1.54, 1.807) is 0 Å². The van der Waals surface area contributed by atoms with Crippen molar-refractivity contribution < 1.29 is 14.1 Å². The first-order valence-corrected chi connectivity index (χ1v) is 9.67. The average molecular weight is 372 g/mol. The first kappa shape index (κ1) is 19.4. The Balaban J connectivity index is 1.48. The molecule has 1 aromatic carbocycles. The van der Waals surface area contributed by atoms with Crippen LogP contribution in [0.5, 0.6) is 5.75 Å². The van der Waals surface area contributed by atoms with E-state index < -0.39 is 0 Å². The lowest BCUT2D eigenvalue weighted by molar-refractivity contribution is -0.132. The highest BCUT2D eigenvalue weighted by Crippen LogP contribution is 2.21. The van der Waals surface area contributed by atoms with E-state index in [2.05, 4.69) is 15.5 Å². The van der Waals surface area contributed by atoms with Crippen LogP contribution in [0.1, 0.15) is 32.1 Å². The lowest BCUT2D eigenvalue weighted by atomic mass is 9.96. The van der Waals surface area contributed by atoms with Crippen molar-refractivity contribution in [3.63, 3.8) is 0 Å². The third-order valence-corrected chi connectivity index (χ3v) is 4.90. The number of rotatable bonds is 8. The van der Waals surface area contributed by atoms with E-state index in [1.165, 1.54) is 0 Å². The van der Waals surface area contributed by atoms with Crippen LogP contribution in [0.4, 0.5) is 0 Å². The van der Waals surface area contributed by atoms with Crippen molar-refractivity contribution in [2.24, 2.45) is 5.92 Å². The number of hydrogen-bond acceptors (Lipinski definition) is 6. The van der Waals surface area contributed by atoms with E-state index in [-0.39, 0.29) is 5.91 Å². The number of piperidine rings is 1. The first-order valence-electron chi connectivity index (χ1n) is 9.67. The summed E-state index contributed by atoms with van der Waals surface area (Å²) in [5.41, 5.74) is 0.867. The summed E-state index contributed by atoms with van der Waals surface area (Å²) >= 11 is 0. The van der Waals surface area contributed by atoms with Crippen molar-refractivity contribution in [2.45, 2.75) is 32.6 Å². The van der Waals surface area contributed by atoms with E-state index in [1.807, 2.05) is 43.1 Å². The Morgan fingerprint density at radius 3 is 2.70 bits per heavy atom. The summed E-state index contributed by atoms with van der Waals surface area (Å²) in [7, 11) is 1.98. The number of likely N-dealkylation sites (tertiary alicyclic amines) is 1. The summed E-state index contributed by atoms with van der Waals surface area (Å²) in [6.07, 6.45) is 3.00. The molecule has 0 aliphatic carbocycles. The molecule has 0 saturated carbocycles. The number of nitrogens with zero attached hydrogens (tertiary/aromatic N) is 3. The molecule has 1 aromatic heterocycles. The predicted octanol–water partition coefficient (Wildman–Crippen LogP) is 2.53. The standard InChI is InChI=1S/C20H28N4O3/c1-3-26-17-6-4-16(5-7-17)20-22-18(27-23-20)8-9-19(25)24-12-10-15(11-13-24)14-21-2/h4-7,15,21H,3,8-14H2,1-2H3. The number of hydrogen-bond donors (Lipinski definition) is 1. The highest BCUT2D eigenvalue weighted by Gasteiger charge is 2.22. The summed E-state index contributed by atoms with van der Waals surface area (Å²) in [6, 6.07) is 7.58. The fraction of sp³-hybridized carbons (Fsp3) is 0.550. The number of carbonyl (C=O) groups is 1. The number of nitrogens with one attached hydrogen (secondary N) is 1. The van der Waals surface area contributed by atoms with Crippen molar-refractivity contribution in [3.8, 4) is 17.1 Å². The molecule has 146 valence electrons. The Bertz CT molecular complexity index is 721. The van der Waals surface area contributed by atoms with Crippen LogP contribution in [0.25, 0.3) is 11.4 Å². The molecule has 3 rings (SSSR count). The van der Waals surface area contributed by atoms with Crippen molar-refractivity contribution in [3.05, 3.63) is 30.2 Å². The minimum Gasteiger partial charge on any atom is -0.494 e. The quantitative estimate of drug-likeness (QED) is 0.767. The van der Waals surface area contributed by atoms with Gasteiger partial charge in [0.05, 0.1) is 6.61 Å². The summed E-state index contributed by atoms with van der Waals surface area (Å²) in [6.45, 7) is 5.29. The van der Waals surface area contributed by atoms with Crippen LogP contribution in [-0.4, -0.2) is 54.2 Å². The fourth-order valence-corrected chi connectivity index (χ4v) is 3.39. The topological polar surface area (TPSA) is 80.5 Å². The molecule has 7 heteroatoms. The number of aromatic nitrogens is 2. The van der Waals surface area contributed by atoms with Crippen molar-refractivity contribution in [2.75, 3.05) is 33.3 Å². The van der Waals surface area contributed by atoms with Gasteiger partial charge in [0.2, 0.25) is 17.6 Å². The van der Waals surface area contributed by atoms with Crippen LogP contribution < -0.4 is 10.1 Å². The second-order valence-corrected chi connectivity index (χ2v) is 6.85. The zero-order valence-electron chi connectivity index (χ0n) is 16.1. The maximum absolute atomic E-state index is 12.4. The monoisotopic (exact) mass is 372 g/mol. The lowest BCUT2D eigenvalue weighted by Gasteiger charge is -2.31. The van der Waals surface area contributed by atoms with Crippen LogP contribution in [0, 0.1) is 5.92 Å². The Kier molecular flexibility index (Phi) is 6.81. The van der Waals surface area contributed by atoms with Gasteiger partial charge in [-0.15, -0.1) is 0 Å². The van der Waals surface area contributed by atoms with Gasteiger partial charge in [-0.05, 0) is 63.5 Å². The molecule has 1 amide bonds. The van der Waals surface area contributed by atoms with Crippen LogP contribution >= 0.6 is 0 Å². The van der Waals surface area contributed by atoms with Crippen molar-refractivity contribution >= 4 is 5.91 Å². The molecule has 1 N–H and O–H groups in total. The van der Waals surface area contributed by atoms with Crippen LogP contribution in [0.3, 0.4) is 0 Å². The second-order valence-electron chi connectivity index (χ2n) is 6.85. The van der Waals surface area contributed by atoms with Gasteiger partial charge in [-0.1, -0.05) is 5.16 Å². The molecular weight excluding hydrogens is 344 g/mol. The van der Waals surface area contributed by atoms with Crippen LogP contribution in [0.15, 0.2) is 28.8 Å². The SMILES string of the molecule is CCOc1ccc(-c2noc(CCC(=O)N3CCC(CNC)CC3)n2)cc1. The molecular formula is C20H28N4O3. The van der Waals surface area contributed by atoms with Gasteiger partial charge in [0, 0.05) is 31.5 Å². The fourth-order valence-electron chi connectivity index (χ4n) is 3.39. The maximum atomic E-state index is 12.4. The van der Waals surface area contributed by atoms with Gasteiger partial charge in [-0.3, -0.25) is 4.79 Å². The summed E-state index contributed by atoms with van der Waals surface area (Å²) in [5, 5.41) is 7.24. The first-order chi connectivity index (χ1) is 13.2. The van der Waals surface area contributed by atoms with Gasteiger partial charge in [-0.2, -0.15) is 4.98 Å². The molecule has 1 aliphatic heterocycles. The molecule has 1 fully saturated rings.